The summed E-state index contributed by atoms with van der Waals surface area (Å²) in [6.07, 6.45) is 12.5. The SMILES string of the molecule is C=C/C=C(\C=C)CN(CC)Cc1ccc(/C=C/c2n[nH]c3ccc(OC(C)c4c(Cl)cncc4Cl)cc23)cc1. The van der Waals surface area contributed by atoms with Crippen molar-refractivity contribution in [1.82, 2.24) is 20.1 Å². The highest BCUT2D eigenvalue weighted by atomic mass is 35.5. The van der Waals surface area contributed by atoms with Gasteiger partial charge in [-0.25, -0.2) is 0 Å². The van der Waals surface area contributed by atoms with Gasteiger partial charge >= 0.3 is 0 Å². The molecule has 7 heteroatoms. The molecule has 0 spiro atoms. The maximum Gasteiger partial charge on any atom is 0.124 e. The molecule has 0 aliphatic rings. The second kappa shape index (κ2) is 13.4. The molecule has 5 nitrogen and oxygen atoms in total. The first-order valence-corrected chi connectivity index (χ1v) is 13.5. The standard InChI is InChI=1S/C32H32Cl2N4O/c1-5-8-23(6-2)20-38(7-3)21-25-11-9-24(10-12-25)13-15-30-27-17-26(14-16-31(27)37-36-30)39-22(4)32-28(33)18-35-19-29(32)34/h5-6,8-19,22H,1-2,7,20-21H2,3-4H3,(H,36,37)/b15-13+,23-8+. The molecule has 0 aliphatic heterocycles. The summed E-state index contributed by atoms with van der Waals surface area (Å²) < 4.78 is 6.18. The van der Waals surface area contributed by atoms with E-state index in [-0.39, 0.29) is 6.10 Å². The van der Waals surface area contributed by atoms with Crippen LogP contribution >= 0.6 is 23.2 Å². The number of nitrogens with zero attached hydrogens (tertiary/aromatic N) is 3. The topological polar surface area (TPSA) is 54.0 Å². The predicted octanol–water partition coefficient (Wildman–Crippen LogP) is 8.70. The van der Waals surface area contributed by atoms with E-state index in [1.807, 2.05) is 43.4 Å². The van der Waals surface area contributed by atoms with Gasteiger partial charge in [0.1, 0.15) is 11.9 Å². The van der Waals surface area contributed by atoms with Crippen LogP contribution < -0.4 is 4.74 Å². The summed E-state index contributed by atoms with van der Waals surface area (Å²) in [5.41, 5.74) is 5.97. The van der Waals surface area contributed by atoms with Gasteiger partial charge in [-0.3, -0.25) is 15.0 Å². The number of H-pyrrole nitrogens is 1. The minimum atomic E-state index is -0.347. The lowest BCUT2D eigenvalue weighted by Gasteiger charge is -2.21. The summed E-state index contributed by atoms with van der Waals surface area (Å²) in [6.45, 7) is 14.4. The van der Waals surface area contributed by atoms with Crippen LogP contribution in [0.15, 0.2) is 91.8 Å². The summed E-state index contributed by atoms with van der Waals surface area (Å²) in [6, 6.07) is 14.4. The molecular formula is C32H32Cl2N4O. The number of benzene rings is 2. The van der Waals surface area contributed by atoms with Crippen LogP contribution in [0.5, 0.6) is 5.75 Å². The first-order chi connectivity index (χ1) is 18.9. The van der Waals surface area contributed by atoms with E-state index in [9.17, 15) is 0 Å². The fraction of sp³-hybridized carbons (Fsp3) is 0.188. The van der Waals surface area contributed by atoms with Gasteiger partial charge in [0.15, 0.2) is 0 Å². The molecule has 39 heavy (non-hydrogen) atoms. The molecule has 0 fully saturated rings. The van der Waals surface area contributed by atoms with Crippen molar-refractivity contribution in [2.75, 3.05) is 13.1 Å². The number of nitrogens with one attached hydrogen (secondary N) is 1. The molecule has 0 amide bonds. The highest BCUT2D eigenvalue weighted by molar-refractivity contribution is 6.35. The molecule has 1 atom stereocenters. The van der Waals surface area contributed by atoms with Crippen LogP contribution in [0.2, 0.25) is 10.0 Å². The van der Waals surface area contributed by atoms with Gasteiger partial charge in [-0.2, -0.15) is 5.10 Å². The number of rotatable bonds is 12. The molecule has 4 aromatic rings. The summed E-state index contributed by atoms with van der Waals surface area (Å²) in [5, 5.41) is 9.49. The molecule has 4 rings (SSSR count). The van der Waals surface area contributed by atoms with Gasteiger partial charge in [0.25, 0.3) is 0 Å². The van der Waals surface area contributed by atoms with E-state index in [0.29, 0.717) is 21.4 Å². The molecule has 1 N–H and O–H groups in total. The van der Waals surface area contributed by atoms with E-state index in [2.05, 4.69) is 70.5 Å². The number of allylic oxidation sites excluding steroid dienone is 2. The molecule has 2 heterocycles. The molecule has 0 bridgehead atoms. The predicted molar refractivity (Wildman–Crippen MR) is 164 cm³/mol. The number of hydrogen-bond acceptors (Lipinski definition) is 4. The minimum absolute atomic E-state index is 0.347. The van der Waals surface area contributed by atoms with E-state index >= 15 is 0 Å². The number of likely N-dealkylation sites (N-methyl/N-ethyl adjacent to an activating group) is 1. The zero-order valence-electron chi connectivity index (χ0n) is 22.2. The fourth-order valence-corrected chi connectivity index (χ4v) is 5.00. The molecule has 2 aromatic carbocycles. The lowest BCUT2D eigenvalue weighted by Crippen LogP contribution is -2.24. The average molecular weight is 560 g/mol. The van der Waals surface area contributed by atoms with Gasteiger partial charge in [0, 0.05) is 36.4 Å². The average Bonchev–Trinajstić information content (AvgIpc) is 3.34. The number of halogens is 2. The van der Waals surface area contributed by atoms with Crippen molar-refractivity contribution in [2.24, 2.45) is 0 Å². The first kappa shape index (κ1) is 28.4. The summed E-state index contributed by atoms with van der Waals surface area (Å²) in [4.78, 5) is 6.39. The maximum absolute atomic E-state index is 6.31. The molecule has 0 radical (unpaired) electrons. The molecule has 2 aromatic heterocycles. The molecule has 1 unspecified atom stereocenters. The first-order valence-electron chi connectivity index (χ1n) is 12.8. The summed E-state index contributed by atoms with van der Waals surface area (Å²) >= 11 is 12.6. The summed E-state index contributed by atoms with van der Waals surface area (Å²) in [5.74, 6) is 0.697. The van der Waals surface area contributed by atoms with Gasteiger partial charge in [0.2, 0.25) is 0 Å². The van der Waals surface area contributed by atoms with Crippen LogP contribution in [0.25, 0.3) is 23.1 Å². The Morgan fingerprint density at radius 1 is 1.08 bits per heavy atom. The smallest absolute Gasteiger partial charge is 0.124 e. The summed E-state index contributed by atoms with van der Waals surface area (Å²) in [7, 11) is 0. The van der Waals surface area contributed by atoms with Crippen molar-refractivity contribution >= 4 is 46.3 Å². The largest absolute Gasteiger partial charge is 0.486 e. The van der Waals surface area contributed by atoms with E-state index in [1.165, 1.54) is 5.56 Å². The van der Waals surface area contributed by atoms with Crippen molar-refractivity contribution in [2.45, 2.75) is 26.5 Å². The normalized spacial score (nSPS) is 12.8. The molecule has 0 aliphatic carbocycles. The molecule has 200 valence electrons. The Morgan fingerprint density at radius 3 is 2.49 bits per heavy atom. The van der Waals surface area contributed by atoms with E-state index in [4.69, 9.17) is 27.9 Å². The number of ether oxygens (including phenoxy) is 1. The van der Waals surface area contributed by atoms with Gasteiger partial charge in [0.05, 0.1) is 21.3 Å². The minimum Gasteiger partial charge on any atom is -0.486 e. The Balaban J connectivity index is 1.46. The fourth-order valence-electron chi connectivity index (χ4n) is 4.33. The number of pyridine rings is 1. The highest BCUT2D eigenvalue weighted by Gasteiger charge is 2.16. The van der Waals surface area contributed by atoms with Crippen molar-refractivity contribution in [3.63, 3.8) is 0 Å². The van der Waals surface area contributed by atoms with Crippen molar-refractivity contribution in [3.05, 3.63) is 124 Å². The Hall–Kier alpha value is -3.64. The second-order valence-electron chi connectivity index (χ2n) is 9.15. The van der Waals surface area contributed by atoms with Gasteiger partial charge in [-0.15, -0.1) is 0 Å². The Morgan fingerprint density at radius 2 is 1.82 bits per heavy atom. The maximum atomic E-state index is 6.31. The third-order valence-electron chi connectivity index (χ3n) is 6.44. The number of hydrogen-bond donors (Lipinski definition) is 1. The van der Waals surface area contributed by atoms with Crippen LogP contribution in [0.3, 0.4) is 0 Å². The molecule has 0 saturated carbocycles. The third-order valence-corrected chi connectivity index (χ3v) is 7.04. The lowest BCUT2D eigenvalue weighted by molar-refractivity contribution is 0.227. The second-order valence-corrected chi connectivity index (χ2v) is 9.97. The number of fused-ring (bicyclic) bond motifs is 1. The monoisotopic (exact) mass is 558 g/mol. The van der Waals surface area contributed by atoms with Gasteiger partial charge in [-0.05, 0) is 54.4 Å². The van der Waals surface area contributed by atoms with Crippen LogP contribution in [-0.4, -0.2) is 33.2 Å². The van der Waals surface area contributed by atoms with Crippen LogP contribution in [0.4, 0.5) is 0 Å². The number of aromatic amines is 1. The zero-order chi connectivity index (χ0) is 27.8. The van der Waals surface area contributed by atoms with Crippen LogP contribution in [0, 0.1) is 0 Å². The van der Waals surface area contributed by atoms with Crippen LogP contribution in [-0.2, 0) is 6.54 Å². The third kappa shape index (κ3) is 7.27. The highest BCUT2D eigenvalue weighted by Crippen LogP contribution is 2.33. The van der Waals surface area contributed by atoms with Gasteiger partial charge < -0.3 is 4.74 Å². The molecular weight excluding hydrogens is 527 g/mol. The van der Waals surface area contributed by atoms with Crippen molar-refractivity contribution < 1.29 is 4.74 Å². The van der Waals surface area contributed by atoms with Gasteiger partial charge in [-0.1, -0.05) is 91.9 Å². The Kier molecular flexibility index (Phi) is 9.77. The lowest BCUT2D eigenvalue weighted by atomic mass is 10.1. The van der Waals surface area contributed by atoms with E-state index < -0.39 is 0 Å². The Labute approximate surface area is 240 Å². The molecule has 0 saturated heterocycles. The zero-order valence-corrected chi connectivity index (χ0v) is 23.7. The Bertz CT molecular complexity index is 1480. The van der Waals surface area contributed by atoms with Crippen LogP contribution in [0.1, 0.15) is 42.3 Å². The van der Waals surface area contributed by atoms with E-state index in [1.54, 1.807) is 18.5 Å². The quantitative estimate of drug-likeness (QED) is 0.177. The number of aromatic nitrogens is 3. The van der Waals surface area contributed by atoms with E-state index in [0.717, 1.165) is 47.4 Å². The van der Waals surface area contributed by atoms with Crippen molar-refractivity contribution in [3.8, 4) is 5.75 Å². The van der Waals surface area contributed by atoms with Crippen molar-refractivity contribution in [1.29, 1.82) is 0 Å².